The molecule has 0 bridgehead atoms. The summed E-state index contributed by atoms with van der Waals surface area (Å²) < 4.78 is 0. The summed E-state index contributed by atoms with van der Waals surface area (Å²) in [4.78, 5) is 25.5. The summed E-state index contributed by atoms with van der Waals surface area (Å²) in [6, 6.07) is 7.62. The van der Waals surface area contributed by atoms with E-state index in [1.165, 1.54) is 0 Å². The molecular weight excluding hydrogens is 250 g/mol. The highest BCUT2D eigenvalue weighted by atomic mass is 32.2. The normalized spacial score (nSPS) is 19.9. The van der Waals surface area contributed by atoms with Crippen molar-refractivity contribution in [1.82, 2.24) is 0 Å². The van der Waals surface area contributed by atoms with Crippen LogP contribution in [0.25, 0.3) is 0 Å². The molecule has 96 valence electrons. The first-order chi connectivity index (χ1) is 8.61. The minimum atomic E-state index is -0.826. The lowest BCUT2D eigenvalue weighted by Crippen LogP contribution is -2.42. The van der Waals surface area contributed by atoms with Gasteiger partial charge in [-0.1, -0.05) is 0 Å². The second-order valence-corrected chi connectivity index (χ2v) is 5.16. The van der Waals surface area contributed by atoms with E-state index in [1.807, 2.05) is 30.5 Å². The quantitative estimate of drug-likeness (QED) is 0.851. The maximum Gasteiger partial charge on any atom is 0.308 e. The fourth-order valence-electron chi connectivity index (χ4n) is 2.06. The van der Waals surface area contributed by atoms with Crippen LogP contribution in [-0.2, 0) is 9.59 Å². The Labute approximate surface area is 110 Å². The second kappa shape index (κ2) is 5.44. The van der Waals surface area contributed by atoms with Gasteiger partial charge in [0.2, 0.25) is 5.91 Å². The first kappa shape index (κ1) is 13.0. The van der Waals surface area contributed by atoms with Crippen molar-refractivity contribution in [1.29, 1.82) is 0 Å². The molecule has 1 N–H and O–H groups in total. The minimum absolute atomic E-state index is 0.00408. The van der Waals surface area contributed by atoms with Gasteiger partial charge in [-0.3, -0.25) is 9.59 Å². The molecule has 1 aliphatic rings. The van der Waals surface area contributed by atoms with Crippen LogP contribution in [0.5, 0.6) is 0 Å². The standard InChI is InChI=1S/C13H15NO3S/c1-18-11-5-3-10(4-6-11)14-8-9(13(16)17)2-7-12(14)15/h3-6,9H,2,7-8H2,1H3,(H,16,17). The Morgan fingerprint density at radius 1 is 1.39 bits per heavy atom. The van der Waals surface area contributed by atoms with Crippen molar-refractivity contribution >= 4 is 29.3 Å². The molecule has 0 aromatic heterocycles. The van der Waals surface area contributed by atoms with E-state index in [9.17, 15) is 9.59 Å². The maximum atomic E-state index is 11.8. The fourth-order valence-corrected chi connectivity index (χ4v) is 2.47. The van der Waals surface area contributed by atoms with Crippen molar-refractivity contribution in [2.24, 2.45) is 5.92 Å². The van der Waals surface area contributed by atoms with Crippen molar-refractivity contribution in [3.8, 4) is 0 Å². The van der Waals surface area contributed by atoms with Crippen LogP contribution in [0.4, 0.5) is 5.69 Å². The van der Waals surface area contributed by atoms with Gasteiger partial charge in [0, 0.05) is 23.5 Å². The van der Waals surface area contributed by atoms with Crippen molar-refractivity contribution < 1.29 is 14.7 Å². The van der Waals surface area contributed by atoms with Crippen LogP contribution in [0, 0.1) is 5.92 Å². The smallest absolute Gasteiger partial charge is 0.308 e. The zero-order valence-electron chi connectivity index (χ0n) is 10.1. The van der Waals surface area contributed by atoms with Gasteiger partial charge in [-0.25, -0.2) is 0 Å². The molecule has 1 saturated heterocycles. The van der Waals surface area contributed by atoms with Crippen LogP contribution in [0.15, 0.2) is 29.2 Å². The third kappa shape index (κ3) is 2.67. The highest BCUT2D eigenvalue weighted by Gasteiger charge is 2.30. The number of rotatable bonds is 3. The average molecular weight is 265 g/mol. The van der Waals surface area contributed by atoms with Crippen molar-refractivity contribution in [2.45, 2.75) is 17.7 Å². The minimum Gasteiger partial charge on any atom is -0.481 e. The fraction of sp³-hybridized carbons (Fsp3) is 0.385. The molecule has 1 aromatic carbocycles. The summed E-state index contributed by atoms with van der Waals surface area (Å²) in [5, 5.41) is 9.03. The third-order valence-electron chi connectivity index (χ3n) is 3.14. The molecule has 1 aliphatic heterocycles. The lowest BCUT2D eigenvalue weighted by molar-refractivity contribution is -0.142. The monoisotopic (exact) mass is 265 g/mol. The Morgan fingerprint density at radius 2 is 2.06 bits per heavy atom. The summed E-state index contributed by atoms with van der Waals surface area (Å²) in [6.45, 7) is 0.271. The van der Waals surface area contributed by atoms with Gasteiger partial charge in [0.1, 0.15) is 0 Å². The molecule has 5 heteroatoms. The van der Waals surface area contributed by atoms with E-state index in [0.717, 1.165) is 10.6 Å². The molecule has 18 heavy (non-hydrogen) atoms. The number of thioether (sulfide) groups is 1. The SMILES string of the molecule is CSc1ccc(N2CC(C(=O)O)CCC2=O)cc1. The summed E-state index contributed by atoms with van der Waals surface area (Å²) >= 11 is 1.63. The van der Waals surface area contributed by atoms with Gasteiger partial charge in [-0.15, -0.1) is 11.8 Å². The van der Waals surface area contributed by atoms with Crippen LogP contribution in [-0.4, -0.2) is 29.8 Å². The maximum absolute atomic E-state index is 11.8. The number of carbonyl (C=O) groups excluding carboxylic acids is 1. The number of carboxylic acids is 1. The number of benzene rings is 1. The lowest BCUT2D eigenvalue weighted by atomic mass is 9.97. The number of nitrogens with zero attached hydrogens (tertiary/aromatic N) is 1. The molecule has 0 saturated carbocycles. The van der Waals surface area contributed by atoms with Gasteiger partial charge in [0.15, 0.2) is 0 Å². The molecule has 0 aliphatic carbocycles. The second-order valence-electron chi connectivity index (χ2n) is 4.28. The van der Waals surface area contributed by atoms with Gasteiger partial charge in [0.05, 0.1) is 5.92 Å². The van der Waals surface area contributed by atoms with Gasteiger partial charge < -0.3 is 10.0 Å². The van der Waals surface area contributed by atoms with Crippen LogP contribution in [0.1, 0.15) is 12.8 Å². The van der Waals surface area contributed by atoms with E-state index in [0.29, 0.717) is 12.8 Å². The van der Waals surface area contributed by atoms with E-state index >= 15 is 0 Å². The number of carbonyl (C=O) groups is 2. The Balaban J connectivity index is 2.18. The van der Waals surface area contributed by atoms with Gasteiger partial charge in [-0.05, 0) is 36.9 Å². The third-order valence-corrected chi connectivity index (χ3v) is 3.89. The Morgan fingerprint density at radius 3 is 2.61 bits per heavy atom. The predicted molar refractivity (Wildman–Crippen MR) is 70.9 cm³/mol. The van der Waals surface area contributed by atoms with Gasteiger partial charge in [-0.2, -0.15) is 0 Å². The van der Waals surface area contributed by atoms with Crippen LogP contribution < -0.4 is 4.90 Å². The number of hydrogen-bond donors (Lipinski definition) is 1. The Kier molecular flexibility index (Phi) is 3.91. The molecular formula is C13H15NO3S. The number of anilines is 1. The van der Waals surface area contributed by atoms with E-state index in [2.05, 4.69) is 0 Å². The molecule has 4 nitrogen and oxygen atoms in total. The molecule has 1 atom stereocenters. The van der Waals surface area contributed by atoms with Crippen molar-refractivity contribution in [3.63, 3.8) is 0 Å². The topological polar surface area (TPSA) is 57.6 Å². The van der Waals surface area contributed by atoms with Crippen molar-refractivity contribution in [2.75, 3.05) is 17.7 Å². The molecule has 0 spiro atoms. The summed E-state index contributed by atoms with van der Waals surface area (Å²) in [5.41, 5.74) is 0.781. The molecule has 1 aromatic rings. The molecule has 0 radical (unpaired) electrons. The molecule has 1 fully saturated rings. The zero-order chi connectivity index (χ0) is 13.1. The molecule has 2 rings (SSSR count). The first-order valence-corrected chi connectivity index (χ1v) is 7.01. The lowest BCUT2D eigenvalue weighted by Gasteiger charge is -2.30. The zero-order valence-corrected chi connectivity index (χ0v) is 10.9. The molecule has 1 amide bonds. The summed E-state index contributed by atoms with van der Waals surface area (Å²) in [5.74, 6) is -1.28. The van der Waals surface area contributed by atoms with Gasteiger partial charge in [0.25, 0.3) is 0 Å². The molecule has 1 heterocycles. The first-order valence-electron chi connectivity index (χ1n) is 5.79. The number of piperidine rings is 1. The number of hydrogen-bond acceptors (Lipinski definition) is 3. The Hall–Kier alpha value is -1.49. The van der Waals surface area contributed by atoms with Crippen LogP contribution in [0.2, 0.25) is 0 Å². The largest absolute Gasteiger partial charge is 0.481 e. The summed E-state index contributed by atoms with van der Waals surface area (Å²) in [7, 11) is 0. The van der Waals surface area contributed by atoms with Crippen molar-refractivity contribution in [3.05, 3.63) is 24.3 Å². The van der Waals surface area contributed by atoms with E-state index in [4.69, 9.17) is 5.11 Å². The average Bonchev–Trinajstić information content (AvgIpc) is 2.39. The van der Waals surface area contributed by atoms with Gasteiger partial charge >= 0.3 is 5.97 Å². The van der Waals surface area contributed by atoms with E-state index in [-0.39, 0.29) is 12.5 Å². The number of amides is 1. The number of aliphatic carboxylic acids is 1. The van der Waals surface area contributed by atoms with E-state index < -0.39 is 11.9 Å². The molecule has 1 unspecified atom stereocenters. The van der Waals surface area contributed by atoms with Crippen LogP contribution in [0.3, 0.4) is 0 Å². The van der Waals surface area contributed by atoms with Crippen LogP contribution >= 0.6 is 11.8 Å². The summed E-state index contributed by atoms with van der Waals surface area (Å²) in [6.07, 6.45) is 2.73. The van der Waals surface area contributed by atoms with E-state index in [1.54, 1.807) is 16.7 Å². The highest BCUT2D eigenvalue weighted by Crippen LogP contribution is 2.26. The highest BCUT2D eigenvalue weighted by molar-refractivity contribution is 7.98. The number of carboxylic acid groups (broad SMARTS) is 1. The predicted octanol–water partition coefficient (Wildman–Crippen LogP) is 2.24. The Bertz CT molecular complexity index is 458.